The molecule has 16 heavy (non-hydrogen) atoms. The maximum Gasteiger partial charge on any atom is 0.202 e. The second-order valence-electron chi connectivity index (χ2n) is 4.27. The van der Waals surface area contributed by atoms with Gasteiger partial charge in [0.25, 0.3) is 0 Å². The lowest BCUT2D eigenvalue weighted by Gasteiger charge is -2.16. The lowest BCUT2D eigenvalue weighted by atomic mass is 10.1. The molecule has 2 rings (SSSR count). The van der Waals surface area contributed by atoms with Crippen LogP contribution in [0.25, 0.3) is 6.08 Å². The second-order valence-corrected chi connectivity index (χ2v) is 4.27. The van der Waals surface area contributed by atoms with Crippen LogP contribution in [0.2, 0.25) is 0 Å². The van der Waals surface area contributed by atoms with Crippen LogP contribution in [0, 0.1) is 0 Å². The van der Waals surface area contributed by atoms with E-state index in [0.29, 0.717) is 5.76 Å². The van der Waals surface area contributed by atoms with Crippen molar-refractivity contribution in [3.63, 3.8) is 0 Å². The average molecular weight is 214 g/mol. The molecule has 0 unspecified atom stereocenters. The minimum atomic E-state index is -0.712. The normalized spacial score (nSPS) is 18.6. The Morgan fingerprint density at radius 2 is 1.81 bits per heavy atom. The molecule has 0 N–H and O–H groups in total. The number of allylic oxidation sites excluding steroid dienone is 1. The summed E-state index contributed by atoms with van der Waals surface area (Å²) in [5.74, 6) is 0.638. The molecular formula is C14H14O2. The van der Waals surface area contributed by atoms with Gasteiger partial charge in [-0.15, -0.1) is 0 Å². The lowest BCUT2D eigenvalue weighted by molar-refractivity contribution is -0.126. The van der Waals surface area contributed by atoms with Gasteiger partial charge in [-0.25, -0.2) is 0 Å². The molecule has 0 amide bonds. The number of carbonyl (C=O) groups is 1. The van der Waals surface area contributed by atoms with Crippen molar-refractivity contribution in [3.05, 3.63) is 53.8 Å². The number of rotatable bonds is 2. The standard InChI is InChI=1S/C14H14O2/c1-14(2)13(15)10-12(16-14)9-8-11-6-4-3-5-7-11/h3-10H,1-2H3/b9-8+. The molecule has 1 aliphatic heterocycles. The minimum absolute atomic E-state index is 0.0141. The zero-order valence-electron chi connectivity index (χ0n) is 9.44. The number of hydrogen-bond donors (Lipinski definition) is 0. The zero-order chi connectivity index (χ0) is 11.6. The quantitative estimate of drug-likeness (QED) is 0.756. The van der Waals surface area contributed by atoms with Crippen molar-refractivity contribution in [2.24, 2.45) is 0 Å². The molecule has 1 heterocycles. The van der Waals surface area contributed by atoms with Gasteiger partial charge in [0, 0.05) is 6.08 Å². The SMILES string of the molecule is CC1(C)OC(/C=C/c2ccccc2)=CC1=O. The molecular weight excluding hydrogens is 200 g/mol. The molecule has 0 radical (unpaired) electrons. The van der Waals surface area contributed by atoms with E-state index in [1.165, 1.54) is 0 Å². The predicted octanol–water partition coefficient (Wildman–Crippen LogP) is 2.96. The Bertz CT molecular complexity index is 453. The highest BCUT2D eigenvalue weighted by Crippen LogP contribution is 2.25. The van der Waals surface area contributed by atoms with E-state index in [2.05, 4.69) is 0 Å². The van der Waals surface area contributed by atoms with Crippen LogP contribution in [0.1, 0.15) is 19.4 Å². The van der Waals surface area contributed by atoms with Gasteiger partial charge in [-0.2, -0.15) is 0 Å². The molecule has 1 aliphatic rings. The maximum absolute atomic E-state index is 11.5. The summed E-state index contributed by atoms with van der Waals surface area (Å²) in [6.07, 6.45) is 5.29. The summed E-state index contributed by atoms with van der Waals surface area (Å²) in [4.78, 5) is 11.5. The van der Waals surface area contributed by atoms with Gasteiger partial charge in [-0.05, 0) is 25.5 Å². The zero-order valence-corrected chi connectivity index (χ0v) is 9.44. The highest BCUT2D eigenvalue weighted by Gasteiger charge is 2.33. The van der Waals surface area contributed by atoms with Gasteiger partial charge >= 0.3 is 0 Å². The first-order valence-corrected chi connectivity index (χ1v) is 5.26. The summed E-state index contributed by atoms with van der Waals surface area (Å²) in [5.41, 5.74) is 0.375. The van der Waals surface area contributed by atoms with Crippen LogP contribution in [0.3, 0.4) is 0 Å². The van der Waals surface area contributed by atoms with Gasteiger partial charge in [0.15, 0.2) is 5.60 Å². The fraction of sp³-hybridized carbons (Fsp3) is 0.214. The fourth-order valence-corrected chi connectivity index (χ4v) is 1.50. The van der Waals surface area contributed by atoms with Crippen LogP contribution in [-0.2, 0) is 9.53 Å². The number of ketones is 1. The van der Waals surface area contributed by atoms with Gasteiger partial charge in [0.1, 0.15) is 5.76 Å². The molecule has 0 saturated carbocycles. The van der Waals surface area contributed by atoms with E-state index < -0.39 is 5.60 Å². The van der Waals surface area contributed by atoms with Crippen LogP contribution in [0.5, 0.6) is 0 Å². The molecule has 0 aromatic heterocycles. The Morgan fingerprint density at radius 3 is 2.38 bits per heavy atom. The van der Waals surface area contributed by atoms with Crippen molar-refractivity contribution in [3.8, 4) is 0 Å². The average Bonchev–Trinajstić information content (AvgIpc) is 2.52. The molecule has 1 aromatic carbocycles. The summed E-state index contributed by atoms with van der Waals surface area (Å²) in [5, 5.41) is 0. The van der Waals surface area contributed by atoms with Crippen LogP contribution in [0.15, 0.2) is 48.2 Å². The predicted molar refractivity (Wildman–Crippen MR) is 63.7 cm³/mol. The van der Waals surface area contributed by atoms with Gasteiger partial charge in [-0.3, -0.25) is 4.79 Å². The molecule has 0 saturated heterocycles. The van der Waals surface area contributed by atoms with Crippen LogP contribution < -0.4 is 0 Å². The smallest absolute Gasteiger partial charge is 0.202 e. The maximum atomic E-state index is 11.5. The summed E-state index contributed by atoms with van der Waals surface area (Å²) in [7, 11) is 0. The Hall–Kier alpha value is -1.83. The lowest BCUT2D eigenvalue weighted by Crippen LogP contribution is -2.27. The molecule has 1 aromatic rings. The first-order chi connectivity index (χ1) is 7.58. The summed E-state index contributed by atoms with van der Waals surface area (Å²) in [6, 6.07) is 9.91. The molecule has 0 aliphatic carbocycles. The monoisotopic (exact) mass is 214 g/mol. The van der Waals surface area contributed by atoms with Gasteiger partial charge < -0.3 is 4.74 Å². The second kappa shape index (κ2) is 3.97. The topological polar surface area (TPSA) is 26.3 Å². The van der Waals surface area contributed by atoms with E-state index in [0.717, 1.165) is 5.56 Å². The van der Waals surface area contributed by atoms with Crippen molar-refractivity contribution < 1.29 is 9.53 Å². The van der Waals surface area contributed by atoms with Gasteiger partial charge in [-0.1, -0.05) is 36.4 Å². The number of benzene rings is 1. The van der Waals surface area contributed by atoms with Crippen molar-refractivity contribution in [1.82, 2.24) is 0 Å². The third-order valence-electron chi connectivity index (χ3n) is 2.48. The Kier molecular flexibility index (Phi) is 2.65. The third-order valence-corrected chi connectivity index (χ3v) is 2.48. The third kappa shape index (κ3) is 2.22. The summed E-state index contributed by atoms with van der Waals surface area (Å²) < 4.78 is 5.51. The van der Waals surface area contributed by atoms with E-state index in [-0.39, 0.29) is 5.78 Å². The highest BCUT2D eigenvalue weighted by atomic mass is 16.5. The summed E-state index contributed by atoms with van der Waals surface area (Å²) >= 11 is 0. The molecule has 0 fully saturated rings. The molecule has 0 spiro atoms. The van der Waals surface area contributed by atoms with Gasteiger partial charge in [0.05, 0.1) is 0 Å². The molecule has 82 valence electrons. The van der Waals surface area contributed by atoms with E-state index in [1.807, 2.05) is 42.5 Å². The first-order valence-electron chi connectivity index (χ1n) is 5.26. The number of carbonyl (C=O) groups excluding carboxylic acids is 1. The Labute approximate surface area is 95.2 Å². The Morgan fingerprint density at radius 1 is 1.12 bits per heavy atom. The van der Waals surface area contributed by atoms with Crippen molar-refractivity contribution in [2.75, 3.05) is 0 Å². The summed E-state index contributed by atoms with van der Waals surface area (Å²) in [6.45, 7) is 3.55. The fourth-order valence-electron chi connectivity index (χ4n) is 1.50. The molecule has 2 nitrogen and oxygen atoms in total. The first kappa shape index (κ1) is 10.7. The van der Waals surface area contributed by atoms with Crippen LogP contribution >= 0.6 is 0 Å². The minimum Gasteiger partial charge on any atom is -0.480 e. The van der Waals surface area contributed by atoms with E-state index in [9.17, 15) is 4.79 Å². The molecule has 0 atom stereocenters. The molecule has 0 bridgehead atoms. The van der Waals surface area contributed by atoms with Crippen LogP contribution in [0.4, 0.5) is 0 Å². The number of hydrogen-bond acceptors (Lipinski definition) is 2. The van der Waals surface area contributed by atoms with E-state index in [1.54, 1.807) is 19.9 Å². The van der Waals surface area contributed by atoms with E-state index >= 15 is 0 Å². The highest BCUT2D eigenvalue weighted by molar-refractivity contribution is 5.99. The van der Waals surface area contributed by atoms with Crippen molar-refractivity contribution >= 4 is 11.9 Å². The van der Waals surface area contributed by atoms with Crippen molar-refractivity contribution in [2.45, 2.75) is 19.4 Å². The molecule has 2 heteroatoms. The number of ether oxygens (including phenoxy) is 1. The largest absolute Gasteiger partial charge is 0.480 e. The Balaban J connectivity index is 2.11. The van der Waals surface area contributed by atoms with Gasteiger partial charge in [0.2, 0.25) is 5.78 Å². The van der Waals surface area contributed by atoms with Crippen molar-refractivity contribution in [1.29, 1.82) is 0 Å². The van der Waals surface area contributed by atoms with E-state index in [4.69, 9.17) is 4.74 Å². The van der Waals surface area contributed by atoms with Crippen LogP contribution in [-0.4, -0.2) is 11.4 Å².